The van der Waals surface area contributed by atoms with Crippen molar-refractivity contribution in [1.29, 1.82) is 5.26 Å². The van der Waals surface area contributed by atoms with E-state index in [1.165, 1.54) is 6.92 Å². The summed E-state index contributed by atoms with van der Waals surface area (Å²) in [6.45, 7) is 4.82. The van der Waals surface area contributed by atoms with E-state index in [4.69, 9.17) is 10.00 Å². The Bertz CT molecular complexity index is 782. The third-order valence-electron chi connectivity index (χ3n) is 3.40. The molecule has 1 N–H and O–H groups in total. The molecule has 0 atom stereocenters. The zero-order valence-electron chi connectivity index (χ0n) is 12.7. The van der Waals surface area contributed by atoms with Crippen molar-refractivity contribution < 1.29 is 14.3 Å². The van der Waals surface area contributed by atoms with Gasteiger partial charge in [-0.3, -0.25) is 9.59 Å². The molecule has 0 bridgehead atoms. The molecule has 0 saturated carbocycles. The van der Waals surface area contributed by atoms with Crippen LogP contribution in [0, 0.1) is 25.2 Å². The highest BCUT2D eigenvalue weighted by atomic mass is 16.5. The summed E-state index contributed by atoms with van der Waals surface area (Å²) in [5.74, 6) is 0.142. The van der Waals surface area contributed by atoms with Crippen LogP contribution in [0.3, 0.4) is 0 Å². The topological polar surface area (TPSA) is 82.9 Å². The van der Waals surface area contributed by atoms with Gasteiger partial charge in [0.25, 0.3) is 0 Å². The first-order chi connectivity index (χ1) is 10.4. The number of hydrogen-bond donors (Lipinski definition) is 1. The molecule has 5 nitrogen and oxygen atoms in total. The standard InChI is InChI=1S/C17H16N2O3/c1-10-16(12(3)20)11(2)19-17(10)15(21)9-22-14-6-4-5-13(7-14)8-18/h4-7,19H,9H2,1-3H3. The number of carbonyl (C=O) groups excluding carboxylic acids is 2. The SMILES string of the molecule is CC(=O)c1c(C)[nH]c(C(=O)COc2cccc(C#N)c2)c1C. The molecule has 2 rings (SSSR count). The van der Waals surface area contributed by atoms with E-state index in [1.807, 2.05) is 6.07 Å². The zero-order valence-corrected chi connectivity index (χ0v) is 12.7. The van der Waals surface area contributed by atoms with Gasteiger partial charge >= 0.3 is 0 Å². The Kier molecular flexibility index (Phi) is 4.42. The number of aromatic amines is 1. The van der Waals surface area contributed by atoms with Crippen LogP contribution in [0.15, 0.2) is 24.3 Å². The minimum Gasteiger partial charge on any atom is -0.485 e. The van der Waals surface area contributed by atoms with Crippen LogP contribution in [0.25, 0.3) is 0 Å². The molecule has 2 aromatic rings. The molecule has 0 saturated heterocycles. The highest BCUT2D eigenvalue weighted by Crippen LogP contribution is 2.19. The molecule has 0 aliphatic rings. The molecule has 0 aliphatic heterocycles. The Morgan fingerprint density at radius 2 is 2.05 bits per heavy atom. The van der Waals surface area contributed by atoms with Gasteiger partial charge in [-0.05, 0) is 44.5 Å². The number of carbonyl (C=O) groups is 2. The lowest BCUT2D eigenvalue weighted by Crippen LogP contribution is -2.13. The smallest absolute Gasteiger partial charge is 0.216 e. The predicted molar refractivity (Wildman–Crippen MR) is 81.3 cm³/mol. The lowest BCUT2D eigenvalue weighted by atomic mass is 10.1. The van der Waals surface area contributed by atoms with Gasteiger partial charge in [-0.15, -0.1) is 0 Å². The number of benzene rings is 1. The molecule has 1 aromatic carbocycles. The largest absolute Gasteiger partial charge is 0.485 e. The number of Topliss-reactive ketones (excluding diaryl/α,β-unsaturated/α-hetero) is 2. The molecule has 0 amide bonds. The number of nitrogens with zero attached hydrogens (tertiary/aromatic N) is 1. The maximum Gasteiger partial charge on any atom is 0.216 e. The zero-order chi connectivity index (χ0) is 16.3. The van der Waals surface area contributed by atoms with E-state index >= 15 is 0 Å². The highest BCUT2D eigenvalue weighted by molar-refractivity contribution is 6.03. The molecule has 22 heavy (non-hydrogen) atoms. The number of nitriles is 1. The predicted octanol–water partition coefficient (Wildman–Crippen LogP) is 2.97. The van der Waals surface area contributed by atoms with Gasteiger partial charge in [-0.25, -0.2) is 0 Å². The Hall–Kier alpha value is -2.87. The van der Waals surface area contributed by atoms with E-state index < -0.39 is 0 Å². The summed E-state index contributed by atoms with van der Waals surface area (Å²) in [4.78, 5) is 26.8. The summed E-state index contributed by atoms with van der Waals surface area (Å²) in [6, 6.07) is 8.61. The van der Waals surface area contributed by atoms with Crippen molar-refractivity contribution in [2.45, 2.75) is 20.8 Å². The second kappa shape index (κ2) is 6.27. The molecule has 0 spiro atoms. The Balaban J connectivity index is 2.15. The molecule has 112 valence electrons. The van der Waals surface area contributed by atoms with Gasteiger partial charge in [-0.2, -0.15) is 5.26 Å². The Morgan fingerprint density at radius 3 is 2.64 bits per heavy atom. The average molecular weight is 296 g/mol. The molecular formula is C17H16N2O3. The van der Waals surface area contributed by atoms with E-state index in [-0.39, 0.29) is 18.2 Å². The lowest BCUT2D eigenvalue weighted by Gasteiger charge is -2.05. The average Bonchev–Trinajstić information content (AvgIpc) is 2.80. The minimum atomic E-state index is -0.240. The summed E-state index contributed by atoms with van der Waals surface area (Å²) >= 11 is 0. The number of aromatic nitrogens is 1. The molecular weight excluding hydrogens is 280 g/mol. The number of aryl methyl sites for hydroxylation is 1. The van der Waals surface area contributed by atoms with Crippen molar-refractivity contribution in [3.8, 4) is 11.8 Å². The number of ether oxygens (including phenoxy) is 1. The first-order valence-corrected chi connectivity index (χ1v) is 6.80. The fourth-order valence-corrected chi connectivity index (χ4v) is 2.43. The first kappa shape index (κ1) is 15.5. The van der Waals surface area contributed by atoms with E-state index in [1.54, 1.807) is 38.1 Å². The van der Waals surface area contributed by atoms with E-state index in [0.29, 0.717) is 33.8 Å². The highest BCUT2D eigenvalue weighted by Gasteiger charge is 2.20. The van der Waals surface area contributed by atoms with E-state index in [2.05, 4.69) is 4.98 Å². The Labute approximate surface area is 128 Å². The summed E-state index contributed by atoms with van der Waals surface area (Å²) in [5, 5.41) is 8.83. The molecule has 0 fully saturated rings. The quantitative estimate of drug-likeness (QED) is 0.860. The lowest BCUT2D eigenvalue weighted by molar-refractivity contribution is 0.0916. The van der Waals surface area contributed by atoms with Gasteiger partial charge in [0, 0.05) is 11.3 Å². The van der Waals surface area contributed by atoms with Crippen molar-refractivity contribution in [2.75, 3.05) is 6.61 Å². The molecule has 1 aromatic heterocycles. The van der Waals surface area contributed by atoms with Gasteiger partial charge in [0.1, 0.15) is 5.75 Å². The van der Waals surface area contributed by atoms with E-state index in [0.717, 1.165) is 0 Å². The fraction of sp³-hybridized carbons (Fsp3) is 0.235. The van der Waals surface area contributed by atoms with Crippen LogP contribution in [0.5, 0.6) is 5.75 Å². The molecule has 1 heterocycles. The fourth-order valence-electron chi connectivity index (χ4n) is 2.43. The van der Waals surface area contributed by atoms with Gasteiger partial charge in [-0.1, -0.05) is 6.07 Å². The van der Waals surface area contributed by atoms with Crippen molar-refractivity contribution in [3.05, 3.63) is 52.3 Å². The second-order valence-electron chi connectivity index (χ2n) is 5.03. The van der Waals surface area contributed by atoms with Crippen LogP contribution >= 0.6 is 0 Å². The van der Waals surface area contributed by atoms with Gasteiger partial charge in [0.15, 0.2) is 12.4 Å². The second-order valence-corrected chi connectivity index (χ2v) is 5.03. The van der Waals surface area contributed by atoms with Crippen LogP contribution in [0.1, 0.15) is 44.6 Å². The summed E-state index contributed by atoms with van der Waals surface area (Å²) in [6.07, 6.45) is 0. The number of rotatable bonds is 5. The maximum absolute atomic E-state index is 12.2. The monoisotopic (exact) mass is 296 g/mol. The van der Waals surface area contributed by atoms with Crippen molar-refractivity contribution in [1.82, 2.24) is 4.98 Å². The number of ketones is 2. The van der Waals surface area contributed by atoms with Crippen molar-refractivity contribution in [2.24, 2.45) is 0 Å². The third kappa shape index (κ3) is 3.07. The summed E-state index contributed by atoms with van der Waals surface area (Å²) < 4.78 is 5.42. The van der Waals surface area contributed by atoms with Gasteiger partial charge in [0.05, 0.1) is 17.3 Å². The van der Waals surface area contributed by atoms with Crippen LogP contribution < -0.4 is 4.74 Å². The molecule has 0 aliphatic carbocycles. The van der Waals surface area contributed by atoms with Gasteiger partial charge < -0.3 is 9.72 Å². The number of nitrogens with one attached hydrogen (secondary N) is 1. The van der Waals surface area contributed by atoms with Crippen LogP contribution in [0.4, 0.5) is 0 Å². The third-order valence-corrected chi connectivity index (χ3v) is 3.40. The molecule has 0 radical (unpaired) electrons. The van der Waals surface area contributed by atoms with Crippen LogP contribution in [0.2, 0.25) is 0 Å². The maximum atomic E-state index is 12.2. The summed E-state index contributed by atoms with van der Waals surface area (Å²) in [7, 11) is 0. The van der Waals surface area contributed by atoms with E-state index in [9.17, 15) is 9.59 Å². The number of hydrogen-bond acceptors (Lipinski definition) is 4. The van der Waals surface area contributed by atoms with Gasteiger partial charge in [0.2, 0.25) is 5.78 Å². The molecule has 0 unspecified atom stereocenters. The minimum absolute atomic E-state index is 0.0760. The summed E-state index contributed by atoms with van der Waals surface area (Å²) in [5.41, 5.74) is 2.73. The normalized spacial score (nSPS) is 10.1. The number of H-pyrrole nitrogens is 1. The molecule has 5 heteroatoms. The first-order valence-electron chi connectivity index (χ1n) is 6.80. The van der Waals surface area contributed by atoms with Crippen molar-refractivity contribution >= 4 is 11.6 Å². The van der Waals surface area contributed by atoms with Crippen LogP contribution in [-0.4, -0.2) is 23.2 Å². The van der Waals surface area contributed by atoms with Crippen LogP contribution in [-0.2, 0) is 0 Å². The Morgan fingerprint density at radius 1 is 1.32 bits per heavy atom. The van der Waals surface area contributed by atoms with Crippen molar-refractivity contribution in [3.63, 3.8) is 0 Å².